The van der Waals surface area contributed by atoms with Gasteiger partial charge in [-0.2, -0.15) is 0 Å². The van der Waals surface area contributed by atoms with E-state index in [1.54, 1.807) is 31.3 Å². The molecule has 3 aromatic rings. The first kappa shape index (κ1) is 23.2. The third-order valence-electron chi connectivity index (χ3n) is 5.08. The van der Waals surface area contributed by atoms with E-state index in [0.717, 1.165) is 11.6 Å². The van der Waals surface area contributed by atoms with Crippen molar-refractivity contribution in [1.82, 2.24) is 19.9 Å². The van der Waals surface area contributed by atoms with Gasteiger partial charge >= 0.3 is 0 Å². The SMILES string of the molecule is CC(=O)NCC=Cc1cc2c(=NC(C)c3cccc(C(F)F)c3F)nc(C)n(C)c2cn1. The Morgan fingerprint density at radius 3 is 2.72 bits per heavy atom. The van der Waals surface area contributed by atoms with Crippen LogP contribution in [0.4, 0.5) is 13.2 Å². The largest absolute Gasteiger partial charge is 0.353 e. The molecule has 0 bridgehead atoms. The average Bonchev–Trinajstić information content (AvgIpc) is 2.74. The zero-order valence-electron chi connectivity index (χ0n) is 18.2. The molecule has 1 amide bonds. The molecule has 6 nitrogen and oxygen atoms in total. The van der Waals surface area contributed by atoms with E-state index in [1.807, 2.05) is 18.5 Å². The number of carbonyl (C=O) groups excluding carboxylic acids is 1. The van der Waals surface area contributed by atoms with Crippen molar-refractivity contribution in [2.24, 2.45) is 12.0 Å². The van der Waals surface area contributed by atoms with Gasteiger partial charge in [0, 0.05) is 31.5 Å². The quantitative estimate of drug-likeness (QED) is 0.622. The monoisotopic (exact) mass is 443 g/mol. The van der Waals surface area contributed by atoms with Crippen molar-refractivity contribution in [2.75, 3.05) is 6.54 Å². The summed E-state index contributed by atoms with van der Waals surface area (Å²) < 4.78 is 42.7. The van der Waals surface area contributed by atoms with E-state index in [1.165, 1.54) is 19.1 Å². The number of hydrogen-bond donors (Lipinski definition) is 1. The van der Waals surface area contributed by atoms with Gasteiger partial charge in [-0.05, 0) is 26.0 Å². The number of rotatable bonds is 6. The van der Waals surface area contributed by atoms with Crippen molar-refractivity contribution in [2.45, 2.75) is 33.2 Å². The summed E-state index contributed by atoms with van der Waals surface area (Å²) in [6, 6.07) is 4.98. The predicted octanol–water partition coefficient (Wildman–Crippen LogP) is 4.16. The molecular weight excluding hydrogens is 419 g/mol. The number of aromatic nitrogens is 3. The first-order chi connectivity index (χ1) is 15.2. The maximum atomic E-state index is 14.6. The van der Waals surface area contributed by atoms with Crippen LogP contribution in [-0.2, 0) is 11.8 Å². The fraction of sp³-hybridized carbons (Fsp3) is 0.304. The van der Waals surface area contributed by atoms with Crippen LogP contribution in [0.25, 0.3) is 17.0 Å². The van der Waals surface area contributed by atoms with Gasteiger partial charge in [-0.3, -0.25) is 14.8 Å². The molecule has 2 aromatic heterocycles. The molecule has 0 saturated heterocycles. The lowest BCUT2D eigenvalue weighted by atomic mass is 10.0. The van der Waals surface area contributed by atoms with Gasteiger partial charge < -0.3 is 9.88 Å². The number of alkyl halides is 2. The molecular formula is C23H24F3N5O. The van der Waals surface area contributed by atoms with Crippen LogP contribution in [0, 0.1) is 12.7 Å². The van der Waals surface area contributed by atoms with Crippen LogP contribution >= 0.6 is 0 Å². The van der Waals surface area contributed by atoms with Crippen molar-refractivity contribution in [1.29, 1.82) is 0 Å². The summed E-state index contributed by atoms with van der Waals surface area (Å²) in [6.07, 6.45) is 2.30. The summed E-state index contributed by atoms with van der Waals surface area (Å²) >= 11 is 0. The Balaban J connectivity index is 2.09. The predicted molar refractivity (Wildman–Crippen MR) is 116 cm³/mol. The fourth-order valence-corrected chi connectivity index (χ4v) is 3.26. The molecule has 0 aliphatic carbocycles. The maximum absolute atomic E-state index is 14.6. The molecule has 0 aliphatic heterocycles. The Morgan fingerprint density at radius 1 is 1.31 bits per heavy atom. The van der Waals surface area contributed by atoms with Crippen LogP contribution < -0.4 is 10.8 Å². The molecule has 9 heteroatoms. The number of benzene rings is 1. The minimum atomic E-state index is -2.91. The summed E-state index contributed by atoms with van der Waals surface area (Å²) in [5.41, 5.74) is 1.19. The lowest BCUT2D eigenvalue weighted by Crippen LogP contribution is -2.19. The van der Waals surface area contributed by atoms with Gasteiger partial charge in [-0.15, -0.1) is 0 Å². The molecule has 0 fully saturated rings. The fourth-order valence-electron chi connectivity index (χ4n) is 3.26. The number of amides is 1. The Kier molecular flexibility index (Phi) is 7.07. The van der Waals surface area contributed by atoms with Crippen molar-refractivity contribution in [3.05, 3.63) is 70.5 Å². The molecule has 0 saturated carbocycles. The number of nitrogens with zero attached hydrogens (tertiary/aromatic N) is 4. The second-order valence-electron chi connectivity index (χ2n) is 7.36. The number of pyridine rings is 1. The van der Waals surface area contributed by atoms with E-state index < -0.39 is 23.8 Å². The third-order valence-corrected chi connectivity index (χ3v) is 5.08. The maximum Gasteiger partial charge on any atom is 0.266 e. The van der Waals surface area contributed by atoms with Crippen LogP contribution in [0.15, 0.2) is 41.5 Å². The molecule has 0 radical (unpaired) electrons. The van der Waals surface area contributed by atoms with E-state index >= 15 is 0 Å². The average molecular weight is 443 g/mol. The van der Waals surface area contributed by atoms with Gasteiger partial charge in [0.05, 0.1) is 29.0 Å². The zero-order chi connectivity index (χ0) is 23.4. The highest BCUT2D eigenvalue weighted by atomic mass is 19.3. The molecule has 1 unspecified atom stereocenters. The van der Waals surface area contributed by atoms with Crippen LogP contribution in [0.3, 0.4) is 0 Å². The smallest absolute Gasteiger partial charge is 0.266 e. The molecule has 0 spiro atoms. The highest BCUT2D eigenvalue weighted by molar-refractivity contribution is 5.79. The normalized spacial score (nSPS) is 13.3. The van der Waals surface area contributed by atoms with Crippen LogP contribution in [0.2, 0.25) is 0 Å². The number of hydrogen-bond acceptors (Lipinski definition) is 4. The molecule has 32 heavy (non-hydrogen) atoms. The van der Waals surface area contributed by atoms with E-state index in [0.29, 0.717) is 28.9 Å². The van der Waals surface area contributed by atoms with Gasteiger partial charge in [-0.25, -0.2) is 18.2 Å². The van der Waals surface area contributed by atoms with Crippen LogP contribution in [-0.4, -0.2) is 27.0 Å². The number of nitrogens with one attached hydrogen (secondary N) is 1. The van der Waals surface area contributed by atoms with Gasteiger partial charge in [-0.1, -0.05) is 24.3 Å². The second-order valence-corrected chi connectivity index (χ2v) is 7.36. The highest BCUT2D eigenvalue weighted by Crippen LogP contribution is 2.28. The Labute approximate surface area is 183 Å². The molecule has 1 atom stereocenters. The van der Waals surface area contributed by atoms with Crippen LogP contribution in [0.1, 0.15) is 49.0 Å². The lowest BCUT2D eigenvalue weighted by molar-refractivity contribution is -0.118. The molecule has 1 N–H and O–H groups in total. The summed E-state index contributed by atoms with van der Waals surface area (Å²) in [6.45, 7) is 5.25. The molecule has 168 valence electrons. The minimum absolute atomic E-state index is 0.0770. The Bertz CT molecular complexity index is 1250. The number of halogens is 3. The van der Waals surface area contributed by atoms with E-state index in [2.05, 4.69) is 20.3 Å². The number of carbonyl (C=O) groups is 1. The van der Waals surface area contributed by atoms with Crippen molar-refractivity contribution in [3.8, 4) is 0 Å². The highest BCUT2D eigenvalue weighted by Gasteiger charge is 2.19. The van der Waals surface area contributed by atoms with E-state index in [4.69, 9.17) is 0 Å². The topological polar surface area (TPSA) is 72.2 Å². The van der Waals surface area contributed by atoms with Crippen molar-refractivity contribution >= 4 is 22.9 Å². The first-order valence-corrected chi connectivity index (χ1v) is 10.0. The van der Waals surface area contributed by atoms with Crippen LogP contribution in [0.5, 0.6) is 0 Å². The minimum Gasteiger partial charge on any atom is -0.353 e. The van der Waals surface area contributed by atoms with Gasteiger partial charge in [0.2, 0.25) is 5.91 Å². The standard InChI is InChI=1S/C23H24F3N5O/c1-13(17-8-5-9-18(21(17)24)22(25)26)29-23-19-11-16(7-6-10-27-15(3)32)28-12-20(19)31(4)14(2)30-23/h5-9,11-13,22H,10H2,1-4H3,(H,27,32). The molecule has 3 rings (SSSR count). The molecule has 2 heterocycles. The summed E-state index contributed by atoms with van der Waals surface area (Å²) in [4.78, 5) is 24.5. The summed E-state index contributed by atoms with van der Waals surface area (Å²) in [5.74, 6) is -0.420. The van der Waals surface area contributed by atoms with Crippen molar-refractivity contribution in [3.63, 3.8) is 0 Å². The molecule has 1 aromatic carbocycles. The Hall–Kier alpha value is -3.49. The van der Waals surface area contributed by atoms with Crippen molar-refractivity contribution < 1.29 is 18.0 Å². The van der Waals surface area contributed by atoms with Gasteiger partial charge in [0.15, 0.2) is 5.49 Å². The molecule has 0 aliphatic rings. The second kappa shape index (κ2) is 9.76. The lowest BCUT2D eigenvalue weighted by Gasteiger charge is -2.13. The first-order valence-electron chi connectivity index (χ1n) is 10.0. The summed E-state index contributed by atoms with van der Waals surface area (Å²) in [5, 5.41) is 3.35. The third kappa shape index (κ3) is 5.04. The Morgan fingerprint density at radius 2 is 2.03 bits per heavy atom. The number of aryl methyl sites for hydroxylation is 2. The number of fused-ring (bicyclic) bond motifs is 1. The zero-order valence-corrected chi connectivity index (χ0v) is 18.2. The van der Waals surface area contributed by atoms with Gasteiger partial charge in [0.1, 0.15) is 11.6 Å². The van der Waals surface area contributed by atoms with E-state index in [-0.39, 0.29) is 11.5 Å². The van der Waals surface area contributed by atoms with Gasteiger partial charge in [0.25, 0.3) is 6.43 Å². The van der Waals surface area contributed by atoms with E-state index in [9.17, 15) is 18.0 Å². The summed E-state index contributed by atoms with van der Waals surface area (Å²) in [7, 11) is 1.84.